The lowest BCUT2D eigenvalue weighted by atomic mass is 10.2. The SMILES string of the molecule is C[C@@H](OC(=O)c1cccc2n[nH]nc12)C(=O)Nc1ncccn1. The molecule has 9 nitrogen and oxygen atoms in total. The Morgan fingerprint density at radius 3 is 2.74 bits per heavy atom. The quantitative estimate of drug-likeness (QED) is 0.687. The summed E-state index contributed by atoms with van der Waals surface area (Å²) in [6.45, 7) is 1.46. The number of rotatable bonds is 4. The highest BCUT2D eigenvalue weighted by Crippen LogP contribution is 2.15. The number of carbonyl (C=O) groups is 2. The Balaban J connectivity index is 1.70. The van der Waals surface area contributed by atoms with E-state index in [0.717, 1.165) is 0 Å². The van der Waals surface area contributed by atoms with Crippen LogP contribution in [0.4, 0.5) is 5.95 Å². The topological polar surface area (TPSA) is 123 Å². The molecule has 2 N–H and O–H groups in total. The summed E-state index contributed by atoms with van der Waals surface area (Å²) in [5.74, 6) is -1.06. The highest BCUT2D eigenvalue weighted by molar-refractivity contribution is 6.03. The van der Waals surface area contributed by atoms with Gasteiger partial charge < -0.3 is 4.74 Å². The average Bonchev–Trinajstić information content (AvgIpc) is 3.04. The number of carbonyl (C=O) groups excluding carboxylic acids is 2. The highest BCUT2D eigenvalue weighted by atomic mass is 16.5. The first-order valence-electron chi connectivity index (χ1n) is 6.73. The molecule has 0 aliphatic rings. The largest absolute Gasteiger partial charge is 0.449 e. The zero-order valence-electron chi connectivity index (χ0n) is 12.1. The van der Waals surface area contributed by atoms with Crippen molar-refractivity contribution >= 4 is 28.9 Å². The summed E-state index contributed by atoms with van der Waals surface area (Å²) in [7, 11) is 0. The van der Waals surface area contributed by atoms with Gasteiger partial charge in [0.25, 0.3) is 5.91 Å². The number of nitrogens with one attached hydrogen (secondary N) is 2. The fraction of sp³-hybridized carbons (Fsp3) is 0.143. The average molecular weight is 312 g/mol. The maximum atomic E-state index is 12.2. The van der Waals surface area contributed by atoms with Crippen molar-refractivity contribution in [3.63, 3.8) is 0 Å². The van der Waals surface area contributed by atoms with Crippen LogP contribution in [0, 0.1) is 0 Å². The lowest BCUT2D eigenvalue weighted by molar-refractivity contribution is -0.123. The van der Waals surface area contributed by atoms with Crippen molar-refractivity contribution in [1.82, 2.24) is 25.4 Å². The van der Waals surface area contributed by atoms with Crippen molar-refractivity contribution in [3.8, 4) is 0 Å². The summed E-state index contributed by atoms with van der Waals surface area (Å²) in [5, 5.41) is 12.7. The minimum atomic E-state index is -1.02. The fourth-order valence-corrected chi connectivity index (χ4v) is 1.89. The first-order valence-corrected chi connectivity index (χ1v) is 6.73. The van der Waals surface area contributed by atoms with Gasteiger partial charge in [-0.15, -0.1) is 0 Å². The molecule has 23 heavy (non-hydrogen) atoms. The molecule has 0 radical (unpaired) electrons. The van der Waals surface area contributed by atoms with Crippen LogP contribution >= 0.6 is 0 Å². The van der Waals surface area contributed by atoms with Crippen LogP contribution in [0.2, 0.25) is 0 Å². The number of esters is 1. The summed E-state index contributed by atoms with van der Waals surface area (Å²) in [6.07, 6.45) is 1.96. The fourth-order valence-electron chi connectivity index (χ4n) is 1.89. The molecule has 0 aliphatic heterocycles. The van der Waals surface area contributed by atoms with Crippen LogP contribution in [-0.2, 0) is 9.53 Å². The summed E-state index contributed by atoms with van der Waals surface area (Å²) in [5.41, 5.74) is 1.15. The number of ether oxygens (including phenoxy) is 1. The summed E-state index contributed by atoms with van der Waals surface area (Å²) in [6, 6.07) is 6.54. The minimum absolute atomic E-state index is 0.138. The van der Waals surface area contributed by atoms with E-state index in [1.807, 2.05) is 0 Å². The molecule has 1 aromatic carbocycles. The van der Waals surface area contributed by atoms with Gasteiger partial charge in [0, 0.05) is 12.4 Å². The monoisotopic (exact) mass is 312 g/mol. The number of aromatic nitrogens is 5. The predicted molar refractivity (Wildman–Crippen MR) is 79.4 cm³/mol. The molecule has 2 aromatic heterocycles. The van der Waals surface area contributed by atoms with Crippen molar-refractivity contribution in [3.05, 3.63) is 42.2 Å². The number of fused-ring (bicyclic) bond motifs is 1. The van der Waals surface area contributed by atoms with Crippen LogP contribution in [-0.4, -0.2) is 43.4 Å². The molecule has 1 atom stereocenters. The normalized spacial score (nSPS) is 11.9. The van der Waals surface area contributed by atoms with Gasteiger partial charge in [-0.05, 0) is 25.1 Å². The van der Waals surface area contributed by atoms with E-state index in [0.29, 0.717) is 11.0 Å². The Bertz CT molecular complexity index is 848. The second kappa shape index (κ2) is 6.18. The van der Waals surface area contributed by atoms with Crippen LogP contribution < -0.4 is 5.32 Å². The van der Waals surface area contributed by atoms with Crippen molar-refractivity contribution in [2.45, 2.75) is 13.0 Å². The van der Waals surface area contributed by atoms with Gasteiger partial charge in [0.15, 0.2) is 6.10 Å². The number of anilines is 1. The molecule has 0 bridgehead atoms. The molecule has 3 aromatic rings. The second-order valence-electron chi connectivity index (χ2n) is 4.61. The molecule has 9 heteroatoms. The van der Waals surface area contributed by atoms with E-state index >= 15 is 0 Å². The van der Waals surface area contributed by atoms with Gasteiger partial charge in [-0.25, -0.2) is 14.8 Å². The predicted octanol–water partition coefficient (Wildman–Crippen LogP) is 0.932. The maximum Gasteiger partial charge on any atom is 0.341 e. The minimum Gasteiger partial charge on any atom is -0.449 e. The Morgan fingerprint density at radius 1 is 1.17 bits per heavy atom. The van der Waals surface area contributed by atoms with Gasteiger partial charge in [0.05, 0.1) is 5.56 Å². The first kappa shape index (κ1) is 14.6. The summed E-state index contributed by atoms with van der Waals surface area (Å²) >= 11 is 0. The van der Waals surface area contributed by atoms with Crippen molar-refractivity contribution in [2.75, 3.05) is 5.32 Å². The van der Waals surface area contributed by atoms with E-state index < -0.39 is 18.0 Å². The Hall–Kier alpha value is -3.36. The lowest BCUT2D eigenvalue weighted by Gasteiger charge is -2.12. The van der Waals surface area contributed by atoms with Gasteiger partial charge in [-0.2, -0.15) is 15.4 Å². The molecule has 0 spiro atoms. The Morgan fingerprint density at radius 2 is 1.96 bits per heavy atom. The van der Waals surface area contributed by atoms with Crippen LogP contribution in [0.1, 0.15) is 17.3 Å². The van der Waals surface area contributed by atoms with Gasteiger partial charge in [0.2, 0.25) is 5.95 Å². The zero-order valence-corrected chi connectivity index (χ0v) is 12.1. The van der Waals surface area contributed by atoms with E-state index in [9.17, 15) is 9.59 Å². The smallest absolute Gasteiger partial charge is 0.341 e. The standard InChI is InChI=1S/C14H12N6O3/c1-8(12(21)17-14-15-6-3-7-16-14)23-13(22)9-4-2-5-10-11(9)19-20-18-10/h2-8H,1H3,(H,18,19,20)(H,15,16,17,21)/t8-/m1/s1. The van der Waals surface area contributed by atoms with Gasteiger partial charge in [-0.1, -0.05) is 6.07 Å². The summed E-state index contributed by atoms with van der Waals surface area (Å²) < 4.78 is 5.16. The molecule has 0 fully saturated rings. The first-order chi connectivity index (χ1) is 11.1. The van der Waals surface area contributed by atoms with Crippen LogP contribution in [0.3, 0.4) is 0 Å². The third-order valence-corrected chi connectivity index (χ3v) is 3.02. The number of nitrogens with zero attached hydrogens (tertiary/aromatic N) is 4. The van der Waals surface area contributed by atoms with Crippen LogP contribution in [0.25, 0.3) is 11.0 Å². The summed E-state index contributed by atoms with van der Waals surface area (Å²) in [4.78, 5) is 31.9. The molecule has 0 unspecified atom stereocenters. The number of H-pyrrole nitrogens is 1. The molecular weight excluding hydrogens is 300 g/mol. The Kier molecular flexibility index (Phi) is 3.91. The van der Waals surface area contributed by atoms with E-state index in [-0.39, 0.29) is 11.5 Å². The second-order valence-corrected chi connectivity index (χ2v) is 4.61. The van der Waals surface area contributed by atoms with Crippen molar-refractivity contribution < 1.29 is 14.3 Å². The number of benzene rings is 1. The maximum absolute atomic E-state index is 12.2. The molecule has 2 heterocycles. The molecule has 1 amide bonds. The van der Waals surface area contributed by atoms with E-state index in [1.54, 1.807) is 24.3 Å². The van der Waals surface area contributed by atoms with Gasteiger partial charge >= 0.3 is 5.97 Å². The van der Waals surface area contributed by atoms with Crippen molar-refractivity contribution in [2.24, 2.45) is 0 Å². The molecule has 0 aliphatic carbocycles. The number of para-hydroxylation sites is 1. The zero-order chi connectivity index (χ0) is 16.2. The number of hydrogen-bond donors (Lipinski definition) is 2. The number of hydrogen-bond acceptors (Lipinski definition) is 7. The lowest BCUT2D eigenvalue weighted by Crippen LogP contribution is -2.30. The van der Waals surface area contributed by atoms with Gasteiger partial charge in [0.1, 0.15) is 11.0 Å². The van der Waals surface area contributed by atoms with E-state index in [1.165, 1.54) is 19.3 Å². The Labute approximate surface area is 130 Å². The van der Waals surface area contributed by atoms with Crippen molar-refractivity contribution in [1.29, 1.82) is 0 Å². The third kappa shape index (κ3) is 3.12. The third-order valence-electron chi connectivity index (χ3n) is 3.02. The molecule has 0 saturated carbocycles. The molecule has 0 saturated heterocycles. The number of aromatic amines is 1. The molecule has 3 rings (SSSR count). The molecular formula is C14H12N6O3. The van der Waals surface area contributed by atoms with Gasteiger partial charge in [-0.3, -0.25) is 10.1 Å². The van der Waals surface area contributed by atoms with E-state index in [4.69, 9.17) is 4.74 Å². The van der Waals surface area contributed by atoms with E-state index in [2.05, 4.69) is 30.7 Å². The highest BCUT2D eigenvalue weighted by Gasteiger charge is 2.21. The van der Waals surface area contributed by atoms with Crippen LogP contribution in [0.5, 0.6) is 0 Å². The van der Waals surface area contributed by atoms with Crippen LogP contribution in [0.15, 0.2) is 36.7 Å². The number of amides is 1. The molecule has 116 valence electrons.